The van der Waals surface area contributed by atoms with Crippen molar-refractivity contribution in [3.8, 4) is 0 Å². The molecule has 0 aliphatic carbocycles. The van der Waals surface area contributed by atoms with Crippen LogP contribution in [0, 0.1) is 6.92 Å². The van der Waals surface area contributed by atoms with Crippen LogP contribution in [-0.4, -0.2) is 29.8 Å². The van der Waals surface area contributed by atoms with E-state index in [2.05, 4.69) is 21.4 Å². The van der Waals surface area contributed by atoms with Crippen molar-refractivity contribution in [3.63, 3.8) is 0 Å². The number of nitrogens with zero attached hydrogens (tertiary/aromatic N) is 2. The SMILES string of the molecule is C=CCCCn1c(CNCCOC)cnc1C. The second kappa shape index (κ2) is 8.03. The molecule has 4 heteroatoms. The summed E-state index contributed by atoms with van der Waals surface area (Å²) in [7, 11) is 1.71. The molecule has 1 heterocycles. The molecule has 1 N–H and O–H groups in total. The smallest absolute Gasteiger partial charge is 0.105 e. The average Bonchev–Trinajstić information content (AvgIpc) is 2.67. The predicted octanol–water partition coefficient (Wildman–Crippen LogP) is 1.89. The van der Waals surface area contributed by atoms with Crippen LogP contribution in [0.25, 0.3) is 0 Å². The number of aromatic nitrogens is 2. The normalized spacial score (nSPS) is 10.7. The van der Waals surface area contributed by atoms with Gasteiger partial charge >= 0.3 is 0 Å². The average molecular weight is 237 g/mol. The first-order chi connectivity index (χ1) is 8.29. The largest absolute Gasteiger partial charge is 0.383 e. The molecule has 0 aliphatic rings. The second-order valence-corrected chi connectivity index (χ2v) is 4.05. The molecule has 0 radical (unpaired) electrons. The lowest BCUT2D eigenvalue weighted by molar-refractivity contribution is 0.199. The van der Waals surface area contributed by atoms with Gasteiger partial charge in [0.05, 0.1) is 12.3 Å². The van der Waals surface area contributed by atoms with E-state index in [1.807, 2.05) is 19.2 Å². The quantitative estimate of drug-likeness (QED) is 0.526. The molecule has 1 rings (SSSR count). The predicted molar refractivity (Wildman–Crippen MR) is 70.0 cm³/mol. The van der Waals surface area contributed by atoms with E-state index in [9.17, 15) is 0 Å². The van der Waals surface area contributed by atoms with Gasteiger partial charge in [0.2, 0.25) is 0 Å². The summed E-state index contributed by atoms with van der Waals surface area (Å²) in [6, 6.07) is 0. The van der Waals surface area contributed by atoms with Gasteiger partial charge in [0.15, 0.2) is 0 Å². The molecule has 0 atom stereocenters. The number of hydrogen-bond donors (Lipinski definition) is 1. The van der Waals surface area contributed by atoms with E-state index in [1.54, 1.807) is 7.11 Å². The van der Waals surface area contributed by atoms with E-state index in [4.69, 9.17) is 4.74 Å². The lowest BCUT2D eigenvalue weighted by Gasteiger charge is -2.10. The fourth-order valence-corrected chi connectivity index (χ4v) is 1.75. The molecule has 1 aromatic rings. The molecule has 0 spiro atoms. The van der Waals surface area contributed by atoms with Crippen LogP contribution in [-0.2, 0) is 17.8 Å². The van der Waals surface area contributed by atoms with E-state index >= 15 is 0 Å². The van der Waals surface area contributed by atoms with Gasteiger partial charge < -0.3 is 14.6 Å². The van der Waals surface area contributed by atoms with Crippen molar-refractivity contribution in [2.24, 2.45) is 0 Å². The molecule has 4 nitrogen and oxygen atoms in total. The molecule has 0 fully saturated rings. The third-order valence-electron chi connectivity index (χ3n) is 2.72. The summed E-state index contributed by atoms with van der Waals surface area (Å²) >= 11 is 0. The van der Waals surface area contributed by atoms with Crippen molar-refractivity contribution >= 4 is 0 Å². The Morgan fingerprint density at radius 1 is 1.59 bits per heavy atom. The summed E-state index contributed by atoms with van der Waals surface area (Å²) in [4.78, 5) is 4.36. The van der Waals surface area contributed by atoms with E-state index in [0.717, 1.165) is 44.9 Å². The van der Waals surface area contributed by atoms with E-state index in [-0.39, 0.29) is 0 Å². The van der Waals surface area contributed by atoms with Gasteiger partial charge in [-0.1, -0.05) is 6.08 Å². The van der Waals surface area contributed by atoms with Gasteiger partial charge in [-0.25, -0.2) is 4.98 Å². The maximum absolute atomic E-state index is 5.00. The molecular weight excluding hydrogens is 214 g/mol. The van der Waals surface area contributed by atoms with Gasteiger partial charge in [-0.2, -0.15) is 0 Å². The van der Waals surface area contributed by atoms with Crippen LogP contribution in [0.15, 0.2) is 18.9 Å². The first kappa shape index (κ1) is 13.9. The number of nitrogens with one attached hydrogen (secondary N) is 1. The van der Waals surface area contributed by atoms with Crippen LogP contribution in [0.1, 0.15) is 24.4 Å². The molecule has 17 heavy (non-hydrogen) atoms. The third kappa shape index (κ3) is 4.71. The van der Waals surface area contributed by atoms with E-state index in [0.29, 0.717) is 0 Å². The Bertz CT molecular complexity index is 333. The van der Waals surface area contributed by atoms with Crippen LogP contribution in [0.4, 0.5) is 0 Å². The first-order valence-corrected chi connectivity index (χ1v) is 6.11. The molecule has 1 aromatic heterocycles. The minimum Gasteiger partial charge on any atom is -0.383 e. The zero-order valence-electron chi connectivity index (χ0n) is 10.9. The number of ether oxygens (including phenoxy) is 1. The van der Waals surface area contributed by atoms with Crippen molar-refractivity contribution in [1.82, 2.24) is 14.9 Å². The number of imidazole rings is 1. The van der Waals surface area contributed by atoms with Crippen LogP contribution in [0.2, 0.25) is 0 Å². The molecule has 0 aliphatic heterocycles. The van der Waals surface area contributed by atoms with Crippen LogP contribution in [0.5, 0.6) is 0 Å². The Morgan fingerprint density at radius 3 is 3.12 bits per heavy atom. The van der Waals surface area contributed by atoms with Crippen LogP contribution >= 0.6 is 0 Å². The maximum Gasteiger partial charge on any atom is 0.105 e. The number of unbranched alkanes of at least 4 members (excludes halogenated alkanes) is 1. The standard InChI is InChI=1S/C13H23N3O/c1-4-5-6-8-16-12(2)15-11-13(16)10-14-7-9-17-3/h4,11,14H,1,5-10H2,2-3H3. The van der Waals surface area contributed by atoms with Crippen LogP contribution in [0.3, 0.4) is 0 Å². The number of methoxy groups -OCH3 is 1. The summed E-state index contributed by atoms with van der Waals surface area (Å²) in [5.41, 5.74) is 1.24. The van der Waals surface area contributed by atoms with Crippen molar-refractivity contribution in [1.29, 1.82) is 0 Å². The molecule has 0 bridgehead atoms. The number of rotatable bonds is 9. The molecular formula is C13H23N3O. The summed E-state index contributed by atoms with van der Waals surface area (Å²) in [5.74, 6) is 1.08. The highest BCUT2D eigenvalue weighted by Gasteiger charge is 2.05. The van der Waals surface area contributed by atoms with Crippen molar-refractivity contribution in [2.75, 3.05) is 20.3 Å². The van der Waals surface area contributed by atoms with Crippen molar-refractivity contribution < 1.29 is 4.74 Å². The molecule has 0 saturated carbocycles. The fraction of sp³-hybridized carbons (Fsp3) is 0.615. The Hall–Kier alpha value is -1.13. The lowest BCUT2D eigenvalue weighted by atomic mass is 10.3. The van der Waals surface area contributed by atoms with Gasteiger partial charge in [-0.05, 0) is 19.8 Å². The molecule has 0 saturated heterocycles. The molecule has 0 aromatic carbocycles. The molecule has 0 amide bonds. The monoisotopic (exact) mass is 237 g/mol. The number of allylic oxidation sites excluding steroid dienone is 1. The van der Waals surface area contributed by atoms with Gasteiger partial charge in [-0.15, -0.1) is 6.58 Å². The van der Waals surface area contributed by atoms with E-state index < -0.39 is 0 Å². The minimum absolute atomic E-state index is 0.740. The number of hydrogen-bond acceptors (Lipinski definition) is 3. The Labute approximate surface area is 104 Å². The van der Waals surface area contributed by atoms with Gasteiger partial charge in [-0.3, -0.25) is 0 Å². The first-order valence-electron chi connectivity index (χ1n) is 6.11. The molecule has 0 unspecified atom stereocenters. The van der Waals surface area contributed by atoms with Crippen molar-refractivity contribution in [2.45, 2.75) is 32.9 Å². The summed E-state index contributed by atoms with van der Waals surface area (Å²) in [6.07, 6.45) is 6.08. The summed E-state index contributed by atoms with van der Waals surface area (Å²) < 4.78 is 7.27. The zero-order chi connectivity index (χ0) is 12.5. The fourth-order valence-electron chi connectivity index (χ4n) is 1.75. The third-order valence-corrected chi connectivity index (χ3v) is 2.72. The summed E-state index contributed by atoms with van der Waals surface area (Å²) in [6.45, 7) is 9.26. The highest BCUT2D eigenvalue weighted by atomic mass is 16.5. The Kier molecular flexibility index (Phi) is 6.58. The van der Waals surface area contributed by atoms with E-state index in [1.165, 1.54) is 5.69 Å². The zero-order valence-corrected chi connectivity index (χ0v) is 10.9. The maximum atomic E-state index is 5.00. The number of aryl methyl sites for hydroxylation is 1. The highest BCUT2D eigenvalue weighted by molar-refractivity contribution is 5.04. The molecule has 96 valence electrons. The van der Waals surface area contributed by atoms with Crippen molar-refractivity contribution in [3.05, 3.63) is 30.4 Å². The van der Waals surface area contributed by atoms with Gasteiger partial charge in [0.1, 0.15) is 5.82 Å². The van der Waals surface area contributed by atoms with Gasteiger partial charge in [0, 0.05) is 32.9 Å². The van der Waals surface area contributed by atoms with Gasteiger partial charge in [0.25, 0.3) is 0 Å². The van der Waals surface area contributed by atoms with Crippen LogP contribution < -0.4 is 5.32 Å². The minimum atomic E-state index is 0.740. The summed E-state index contributed by atoms with van der Waals surface area (Å²) in [5, 5.41) is 3.34. The lowest BCUT2D eigenvalue weighted by Crippen LogP contribution is -2.20. The Balaban J connectivity index is 2.44. The topological polar surface area (TPSA) is 39.1 Å². The second-order valence-electron chi connectivity index (χ2n) is 4.05. The highest BCUT2D eigenvalue weighted by Crippen LogP contribution is 2.07. The Morgan fingerprint density at radius 2 is 2.41 bits per heavy atom.